The molecule has 1 amide bonds. The Morgan fingerprint density at radius 2 is 2.24 bits per heavy atom. The highest BCUT2D eigenvalue weighted by molar-refractivity contribution is 9.10. The van der Waals surface area contributed by atoms with Crippen LogP contribution in [0.5, 0.6) is 0 Å². The van der Waals surface area contributed by atoms with Crippen LogP contribution >= 0.6 is 27.5 Å². The third kappa shape index (κ3) is 3.44. The van der Waals surface area contributed by atoms with Crippen LogP contribution in [-0.4, -0.2) is 12.5 Å². The Morgan fingerprint density at radius 1 is 1.59 bits per heavy atom. The van der Waals surface area contributed by atoms with Crippen molar-refractivity contribution in [3.8, 4) is 0 Å². The summed E-state index contributed by atoms with van der Waals surface area (Å²) in [6, 6.07) is 5.26. The zero-order valence-electron chi connectivity index (χ0n) is 9.89. The second kappa shape index (κ2) is 5.85. The van der Waals surface area contributed by atoms with Crippen molar-refractivity contribution in [3.63, 3.8) is 0 Å². The molecule has 3 N–H and O–H groups in total. The molecule has 0 aliphatic heterocycles. The predicted octanol–water partition coefficient (Wildman–Crippen LogP) is 3.42. The van der Waals surface area contributed by atoms with Crippen LogP contribution in [-0.2, 0) is 4.79 Å². The Morgan fingerprint density at radius 3 is 2.71 bits per heavy atom. The quantitative estimate of drug-likeness (QED) is 0.893. The molecule has 0 saturated carbocycles. The molecule has 1 unspecified atom stereocenters. The van der Waals surface area contributed by atoms with Gasteiger partial charge in [0.2, 0.25) is 5.91 Å². The normalized spacial score (nSPS) is 14.2. The Labute approximate surface area is 115 Å². The number of nitrogens with two attached hydrogens (primary N) is 1. The molecule has 0 saturated heterocycles. The van der Waals surface area contributed by atoms with Crippen LogP contribution in [0, 0.1) is 5.41 Å². The Balaban J connectivity index is 2.84. The van der Waals surface area contributed by atoms with Crippen molar-refractivity contribution in [2.75, 3.05) is 11.9 Å². The molecule has 0 radical (unpaired) electrons. The summed E-state index contributed by atoms with van der Waals surface area (Å²) in [5.41, 5.74) is 5.81. The molecular formula is C12H16BrClN2O. The summed E-state index contributed by atoms with van der Waals surface area (Å²) < 4.78 is 0.753. The van der Waals surface area contributed by atoms with Crippen LogP contribution in [0.15, 0.2) is 22.7 Å². The first-order valence-electron chi connectivity index (χ1n) is 5.39. The van der Waals surface area contributed by atoms with Gasteiger partial charge in [-0.05, 0) is 47.5 Å². The van der Waals surface area contributed by atoms with E-state index in [1.165, 1.54) is 0 Å². The van der Waals surface area contributed by atoms with Gasteiger partial charge in [-0.1, -0.05) is 18.5 Å². The Kier molecular flexibility index (Phi) is 4.98. The van der Waals surface area contributed by atoms with Gasteiger partial charge in [-0.15, -0.1) is 0 Å². The molecule has 1 rings (SSSR count). The minimum atomic E-state index is -0.536. The van der Waals surface area contributed by atoms with Gasteiger partial charge in [0.15, 0.2) is 0 Å². The van der Waals surface area contributed by atoms with Gasteiger partial charge in [0.1, 0.15) is 0 Å². The topological polar surface area (TPSA) is 55.1 Å². The number of carbonyl (C=O) groups is 1. The van der Waals surface area contributed by atoms with E-state index in [0.717, 1.165) is 4.47 Å². The van der Waals surface area contributed by atoms with Crippen LogP contribution in [0.25, 0.3) is 0 Å². The molecule has 1 aromatic carbocycles. The molecule has 17 heavy (non-hydrogen) atoms. The molecule has 0 spiro atoms. The fourth-order valence-corrected chi connectivity index (χ4v) is 1.75. The number of benzene rings is 1. The van der Waals surface area contributed by atoms with Gasteiger partial charge in [-0.25, -0.2) is 0 Å². The number of carbonyl (C=O) groups excluding carboxylic acids is 1. The third-order valence-corrected chi connectivity index (χ3v) is 4.17. The third-order valence-electron chi connectivity index (χ3n) is 2.96. The average molecular weight is 320 g/mol. The van der Waals surface area contributed by atoms with Crippen molar-refractivity contribution in [2.45, 2.75) is 20.3 Å². The fourth-order valence-electron chi connectivity index (χ4n) is 1.25. The summed E-state index contributed by atoms with van der Waals surface area (Å²) in [5.74, 6) is -0.0725. The molecule has 3 nitrogen and oxygen atoms in total. The van der Waals surface area contributed by atoms with E-state index in [0.29, 0.717) is 23.7 Å². The standard InChI is InChI=1S/C12H16BrClN2O/c1-3-12(2,7-15)11(17)16-8-4-5-10(14)9(13)6-8/h4-6H,3,7,15H2,1-2H3,(H,16,17). The maximum absolute atomic E-state index is 12.1. The maximum Gasteiger partial charge on any atom is 0.231 e. The summed E-state index contributed by atoms with van der Waals surface area (Å²) in [6.45, 7) is 4.13. The largest absolute Gasteiger partial charge is 0.329 e. The summed E-state index contributed by atoms with van der Waals surface area (Å²) in [4.78, 5) is 12.1. The lowest BCUT2D eigenvalue weighted by Gasteiger charge is -2.25. The van der Waals surface area contributed by atoms with Gasteiger partial charge in [0.05, 0.1) is 10.4 Å². The van der Waals surface area contributed by atoms with Gasteiger partial charge >= 0.3 is 0 Å². The average Bonchev–Trinajstić information content (AvgIpc) is 2.32. The van der Waals surface area contributed by atoms with Gasteiger partial charge in [-0.3, -0.25) is 4.79 Å². The second-order valence-electron chi connectivity index (χ2n) is 4.20. The van der Waals surface area contributed by atoms with E-state index in [1.54, 1.807) is 18.2 Å². The summed E-state index contributed by atoms with van der Waals surface area (Å²) >= 11 is 9.19. The highest BCUT2D eigenvalue weighted by Gasteiger charge is 2.29. The highest BCUT2D eigenvalue weighted by atomic mass is 79.9. The predicted molar refractivity (Wildman–Crippen MR) is 75.2 cm³/mol. The van der Waals surface area contributed by atoms with E-state index in [1.807, 2.05) is 13.8 Å². The van der Waals surface area contributed by atoms with Crippen molar-refractivity contribution >= 4 is 39.1 Å². The van der Waals surface area contributed by atoms with Crippen LogP contribution in [0.2, 0.25) is 5.02 Å². The Bertz CT molecular complexity index is 419. The summed E-state index contributed by atoms with van der Waals surface area (Å²) in [7, 11) is 0. The zero-order chi connectivity index (χ0) is 13.1. The van der Waals surface area contributed by atoms with E-state index >= 15 is 0 Å². The molecule has 5 heteroatoms. The smallest absolute Gasteiger partial charge is 0.231 e. The molecule has 0 aliphatic rings. The number of hydrogen-bond donors (Lipinski definition) is 2. The molecule has 1 atom stereocenters. The molecule has 0 fully saturated rings. The fraction of sp³-hybridized carbons (Fsp3) is 0.417. The van der Waals surface area contributed by atoms with Crippen LogP contribution in [0.3, 0.4) is 0 Å². The molecular weight excluding hydrogens is 304 g/mol. The number of nitrogens with one attached hydrogen (secondary N) is 1. The minimum absolute atomic E-state index is 0.0725. The lowest BCUT2D eigenvalue weighted by molar-refractivity contribution is -0.124. The van der Waals surface area contributed by atoms with Crippen molar-refractivity contribution in [1.29, 1.82) is 0 Å². The Hall–Kier alpha value is -0.580. The summed E-state index contributed by atoms with van der Waals surface area (Å²) in [6.07, 6.45) is 0.699. The maximum atomic E-state index is 12.1. The van der Waals surface area contributed by atoms with Gasteiger partial charge in [0, 0.05) is 16.7 Å². The number of hydrogen-bond acceptors (Lipinski definition) is 2. The SMILES string of the molecule is CCC(C)(CN)C(=O)Nc1ccc(Cl)c(Br)c1. The zero-order valence-corrected chi connectivity index (χ0v) is 12.2. The van der Waals surface area contributed by atoms with E-state index in [4.69, 9.17) is 17.3 Å². The first-order chi connectivity index (χ1) is 7.92. The van der Waals surface area contributed by atoms with Gasteiger partial charge in [0.25, 0.3) is 0 Å². The molecule has 0 heterocycles. The van der Waals surface area contributed by atoms with E-state index in [-0.39, 0.29) is 5.91 Å². The number of amides is 1. The first kappa shape index (κ1) is 14.5. The molecule has 0 aliphatic carbocycles. The van der Waals surface area contributed by atoms with E-state index < -0.39 is 5.41 Å². The molecule has 0 bridgehead atoms. The first-order valence-corrected chi connectivity index (χ1v) is 6.56. The number of halogens is 2. The van der Waals surface area contributed by atoms with Crippen molar-refractivity contribution < 1.29 is 4.79 Å². The van der Waals surface area contributed by atoms with E-state index in [2.05, 4.69) is 21.2 Å². The molecule has 0 aromatic heterocycles. The number of anilines is 1. The monoisotopic (exact) mass is 318 g/mol. The van der Waals surface area contributed by atoms with Crippen molar-refractivity contribution in [3.05, 3.63) is 27.7 Å². The van der Waals surface area contributed by atoms with Gasteiger partial charge in [-0.2, -0.15) is 0 Å². The van der Waals surface area contributed by atoms with Crippen LogP contribution in [0.4, 0.5) is 5.69 Å². The van der Waals surface area contributed by atoms with Crippen LogP contribution < -0.4 is 11.1 Å². The minimum Gasteiger partial charge on any atom is -0.329 e. The molecule has 1 aromatic rings. The van der Waals surface area contributed by atoms with Crippen molar-refractivity contribution in [2.24, 2.45) is 11.1 Å². The summed E-state index contributed by atoms with van der Waals surface area (Å²) in [5, 5.41) is 3.46. The molecule has 94 valence electrons. The lowest BCUT2D eigenvalue weighted by atomic mass is 9.86. The number of rotatable bonds is 4. The van der Waals surface area contributed by atoms with Crippen LogP contribution in [0.1, 0.15) is 20.3 Å². The van der Waals surface area contributed by atoms with Crippen molar-refractivity contribution in [1.82, 2.24) is 0 Å². The lowest BCUT2D eigenvalue weighted by Crippen LogP contribution is -2.39. The highest BCUT2D eigenvalue weighted by Crippen LogP contribution is 2.27. The second-order valence-corrected chi connectivity index (χ2v) is 5.46. The van der Waals surface area contributed by atoms with E-state index in [9.17, 15) is 4.79 Å². The van der Waals surface area contributed by atoms with Gasteiger partial charge < -0.3 is 11.1 Å².